The molecule has 0 atom stereocenters. The van der Waals surface area contributed by atoms with E-state index >= 15 is 0 Å². The van der Waals surface area contributed by atoms with Crippen LogP contribution in [0.4, 0.5) is 5.69 Å². The van der Waals surface area contributed by atoms with Gasteiger partial charge in [0, 0.05) is 12.6 Å². The van der Waals surface area contributed by atoms with Crippen molar-refractivity contribution in [2.75, 3.05) is 18.5 Å². The van der Waals surface area contributed by atoms with Crippen LogP contribution in [0, 0.1) is 0 Å². The molecule has 0 radical (unpaired) electrons. The number of benzene rings is 1. The van der Waals surface area contributed by atoms with E-state index in [1.807, 2.05) is 18.5 Å². The number of aromatic nitrogens is 3. The SMILES string of the molecule is c1cc2c(c(-c3nncn3C3CC3)c1)OCCN2. The Labute approximate surface area is 105 Å². The highest BCUT2D eigenvalue weighted by Crippen LogP contribution is 2.41. The predicted octanol–water partition coefficient (Wildman–Crippen LogP) is 2.08. The zero-order valence-corrected chi connectivity index (χ0v) is 9.97. The summed E-state index contributed by atoms with van der Waals surface area (Å²) in [5, 5.41) is 11.7. The number of fused-ring (bicyclic) bond motifs is 1. The highest BCUT2D eigenvalue weighted by atomic mass is 16.5. The molecule has 0 amide bonds. The number of hydrogen-bond donors (Lipinski definition) is 1. The Bertz CT molecular complexity index is 588. The zero-order valence-electron chi connectivity index (χ0n) is 9.97. The molecule has 0 saturated heterocycles. The Morgan fingerprint density at radius 1 is 1.33 bits per heavy atom. The van der Waals surface area contributed by atoms with Gasteiger partial charge in [-0.3, -0.25) is 0 Å². The molecule has 1 fully saturated rings. The lowest BCUT2D eigenvalue weighted by Gasteiger charge is -2.21. The van der Waals surface area contributed by atoms with Crippen LogP contribution in [0.3, 0.4) is 0 Å². The summed E-state index contributed by atoms with van der Waals surface area (Å²) in [5.74, 6) is 1.82. The molecule has 4 rings (SSSR count). The lowest BCUT2D eigenvalue weighted by atomic mass is 10.1. The van der Waals surface area contributed by atoms with Gasteiger partial charge in [0.2, 0.25) is 0 Å². The topological polar surface area (TPSA) is 52.0 Å². The van der Waals surface area contributed by atoms with Crippen molar-refractivity contribution in [2.24, 2.45) is 0 Å². The number of anilines is 1. The van der Waals surface area contributed by atoms with Crippen molar-refractivity contribution in [2.45, 2.75) is 18.9 Å². The van der Waals surface area contributed by atoms with Crippen LogP contribution in [0.15, 0.2) is 24.5 Å². The van der Waals surface area contributed by atoms with Gasteiger partial charge in [0.15, 0.2) is 11.6 Å². The Balaban J connectivity index is 1.86. The quantitative estimate of drug-likeness (QED) is 0.876. The molecular formula is C13H14N4O. The van der Waals surface area contributed by atoms with Crippen molar-refractivity contribution >= 4 is 5.69 Å². The molecular weight excluding hydrogens is 228 g/mol. The van der Waals surface area contributed by atoms with E-state index in [0.29, 0.717) is 12.6 Å². The minimum atomic E-state index is 0.572. The Morgan fingerprint density at radius 3 is 3.17 bits per heavy atom. The number of ether oxygens (including phenoxy) is 1. The van der Waals surface area contributed by atoms with Crippen LogP contribution >= 0.6 is 0 Å². The first-order chi connectivity index (χ1) is 8.93. The van der Waals surface area contributed by atoms with E-state index in [4.69, 9.17) is 4.74 Å². The van der Waals surface area contributed by atoms with E-state index in [0.717, 1.165) is 29.4 Å². The molecule has 0 spiro atoms. The predicted molar refractivity (Wildman–Crippen MR) is 67.7 cm³/mol. The van der Waals surface area contributed by atoms with Gasteiger partial charge >= 0.3 is 0 Å². The van der Waals surface area contributed by atoms with Gasteiger partial charge in [0.25, 0.3) is 0 Å². The van der Waals surface area contributed by atoms with Crippen molar-refractivity contribution in [3.05, 3.63) is 24.5 Å². The first-order valence-corrected chi connectivity index (χ1v) is 6.33. The molecule has 1 aromatic heterocycles. The Kier molecular flexibility index (Phi) is 2.06. The highest BCUT2D eigenvalue weighted by Gasteiger charge is 2.28. The van der Waals surface area contributed by atoms with E-state index in [2.05, 4.69) is 26.1 Å². The van der Waals surface area contributed by atoms with Crippen LogP contribution in [-0.2, 0) is 0 Å². The van der Waals surface area contributed by atoms with Gasteiger partial charge in [0.1, 0.15) is 12.9 Å². The number of rotatable bonds is 2. The zero-order chi connectivity index (χ0) is 11.9. The van der Waals surface area contributed by atoms with Crippen LogP contribution < -0.4 is 10.1 Å². The van der Waals surface area contributed by atoms with Gasteiger partial charge < -0.3 is 14.6 Å². The molecule has 2 aliphatic rings. The van der Waals surface area contributed by atoms with Crippen LogP contribution in [0.2, 0.25) is 0 Å². The van der Waals surface area contributed by atoms with E-state index in [-0.39, 0.29) is 0 Å². The molecule has 92 valence electrons. The van der Waals surface area contributed by atoms with Gasteiger partial charge in [-0.05, 0) is 25.0 Å². The molecule has 0 bridgehead atoms. The molecule has 1 aliphatic carbocycles. The first kappa shape index (κ1) is 9.94. The molecule has 1 saturated carbocycles. The van der Waals surface area contributed by atoms with Gasteiger partial charge in [-0.15, -0.1) is 10.2 Å². The minimum Gasteiger partial charge on any atom is -0.489 e. The summed E-state index contributed by atoms with van der Waals surface area (Å²) >= 11 is 0. The average molecular weight is 242 g/mol. The first-order valence-electron chi connectivity index (χ1n) is 6.33. The maximum absolute atomic E-state index is 5.79. The summed E-state index contributed by atoms with van der Waals surface area (Å²) in [4.78, 5) is 0. The maximum atomic E-state index is 5.79. The van der Waals surface area contributed by atoms with Gasteiger partial charge in [-0.2, -0.15) is 0 Å². The highest BCUT2D eigenvalue weighted by molar-refractivity contribution is 5.75. The minimum absolute atomic E-state index is 0.572. The van der Waals surface area contributed by atoms with E-state index in [9.17, 15) is 0 Å². The third-order valence-electron chi connectivity index (χ3n) is 3.43. The molecule has 18 heavy (non-hydrogen) atoms. The van der Waals surface area contributed by atoms with Crippen molar-refractivity contribution in [1.29, 1.82) is 0 Å². The van der Waals surface area contributed by atoms with Gasteiger partial charge in [0.05, 0.1) is 11.3 Å². The normalized spacial score (nSPS) is 17.8. The van der Waals surface area contributed by atoms with Crippen LogP contribution in [-0.4, -0.2) is 27.9 Å². The molecule has 2 aromatic rings. The molecule has 1 aromatic carbocycles. The number of nitrogens with zero attached hydrogens (tertiary/aromatic N) is 3. The molecule has 5 heteroatoms. The fourth-order valence-electron chi connectivity index (χ4n) is 2.40. The fourth-order valence-corrected chi connectivity index (χ4v) is 2.40. The Hall–Kier alpha value is -2.04. The maximum Gasteiger partial charge on any atom is 0.167 e. The van der Waals surface area contributed by atoms with Crippen LogP contribution in [0.5, 0.6) is 5.75 Å². The van der Waals surface area contributed by atoms with Gasteiger partial charge in [-0.25, -0.2) is 0 Å². The number of hydrogen-bond acceptors (Lipinski definition) is 4. The smallest absolute Gasteiger partial charge is 0.167 e. The van der Waals surface area contributed by atoms with Gasteiger partial charge in [-0.1, -0.05) is 6.07 Å². The summed E-state index contributed by atoms with van der Waals surface area (Å²) in [6, 6.07) is 6.69. The second-order valence-electron chi connectivity index (χ2n) is 4.75. The lowest BCUT2D eigenvalue weighted by Crippen LogP contribution is -2.18. The molecule has 0 unspecified atom stereocenters. The van der Waals surface area contributed by atoms with E-state index < -0.39 is 0 Å². The van der Waals surface area contributed by atoms with Crippen LogP contribution in [0.25, 0.3) is 11.4 Å². The summed E-state index contributed by atoms with van der Waals surface area (Å²) < 4.78 is 7.95. The van der Waals surface area contributed by atoms with E-state index in [1.54, 1.807) is 0 Å². The van der Waals surface area contributed by atoms with Crippen molar-refractivity contribution in [3.8, 4) is 17.1 Å². The second kappa shape index (κ2) is 3.73. The van der Waals surface area contributed by atoms with Crippen LogP contribution in [0.1, 0.15) is 18.9 Å². The molecule has 2 heterocycles. The molecule has 1 N–H and O–H groups in total. The summed E-state index contributed by atoms with van der Waals surface area (Å²) in [6.07, 6.45) is 4.26. The van der Waals surface area contributed by atoms with E-state index in [1.165, 1.54) is 12.8 Å². The summed E-state index contributed by atoms with van der Waals surface area (Å²) in [5.41, 5.74) is 2.08. The molecule has 1 aliphatic heterocycles. The fraction of sp³-hybridized carbons (Fsp3) is 0.385. The standard InChI is InChI=1S/C13H14N4O/c1-2-10(12-11(3-1)14-6-7-18-12)13-16-15-8-17(13)9-4-5-9/h1-3,8-9,14H,4-7H2. The second-order valence-corrected chi connectivity index (χ2v) is 4.75. The largest absolute Gasteiger partial charge is 0.489 e. The average Bonchev–Trinajstić information content (AvgIpc) is 3.16. The monoisotopic (exact) mass is 242 g/mol. The third kappa shape index (κ3) is 1.47. The summed E-state index contributed by atoms with van der Waals surface area (Å²) in [6.45, 7) is 1.55. The third-order valence-corrected chi connectivity index (χ3v) is 3.43. The van der Waals surface area contributed by atoms with Crippen molar-refractivity contribution in [1.82, 2.24) is 14.8 Å². The Morgan fingerprint density at radius 2 is 2.28 bits per heavy atom. The summed E-state index contributed by atoms with van der Waals surface area (Å²) in [7, 11) is 0. The van der Waals surface area contributed by atoms with Crippen molar-refractivity contribution < 1.29 is 4.74 Å². The number of para-hydroxylation sites is 1. The molecule has 5 nitrogen and oxygen atoms in total. The number of nitrogens with one attached hydrogen (secondary N) is 1. The van der Waals surface area contributed by atoms with Crippen molar-refractivity contribution in [3.63, 3.8) is 0 Å². The lowest BCUT2D eigenvalue weighted by molar-refractivity contribution is 0.324.